The van der Waals surface area contributed by atoms with Crippen LogP contribution in [0.3, 0.4) is 0 Å². The number of nitrogens with one attached hydrogen (secondary N) is 2. The van der Waals surface area contributed by atoms with E-state index in [0.29, 0.717) is 23.6 Å². The topological polar surface area (TPSA) is 76.0 Å². The van der Waals surface area contributed by atoms with Gasteiger partial charge in [0.2, 0.25) is 5.91 Å². The second-order valence-corrected chi connectivity index (χ2v) is 7.95. The van der Waals surface area contributed by atoms with Crippen molar-refractivity contribution in [2.45, 2.75) is 39.3 Å². The summed E-state index contributed by atoms with van der Waals surface area (Å²) in [6.07, 6.45) is 1.15. The summed E-state index contributed by atoms with van der Waals surface area (Å²) in [4.78, 5) is 25.6. The summed E-state index contributed by atoms with van der Waals surface area (Å²) < 4.78 is 1.94. The van der Waals surface area contributed by atoms with Gasteiger partial charge in [-0.1, -0.05) is 41.9 Å². The Bertz CT molecular complexity index is 1020. The lowest BCUT2D eigenvalue weighted by Crippen LogP contribution is -2.48. The molecule has 0 aliphatic carbocycles. The van der Waals surface area contributed by atoms with Gasteiger partial charge in [-0.3, -0.25) is 14.3 Å². The molecular formula is C24H27ClN4O2. The Labute approximate surface area is 187 Å². The van der Waals surface area contributed by atoms with Gasteiger partial charge in [0.1, 0.15) is 6.04 Å². The van der Waals surface area contributed by atoms with Crippen molar-refractivity contribution in [2.75, 3.05) is 6.54 Å². The molecule has 6 nitrogen and oxygen atoms in total. The Morgan fingerprint density at radius 2 is 1.77 bits per heavy atom. The number of hydrogen-bond donors (Lipinski definition) is 2. The molecule has 1 aromatic heterocycles. The fourth-order valence-corrected chi connectivity index (χ4v) is 3.49. The van der Waals surface area contributed by atoms with Crippen LogP contribution in [0.4, 0.5) is 0 Å². The molecule has 2 N–H and O–H groups in total. The lowest BCUT2D eigenvalue weighted by molar-refractivity contribution is -0.122. The highest BCUT2D eigenvalue weighted by Gasteiger charge is 2.21. The van der Waals surface area contributed by atoms with E-state index < -0.39 is 6.04 Å². The second-order valence-electron chi connectivity index (χ2n) is 7.52. The van der Waals surface area contributed by atoms with Gasteiger partial charge in [-0.2, -0.15) is 5.10 Å². The molecular weight excluding hydrogens is 412 g/mol. The predicted octanol–water partition coefficient (Wildman–Crippen LogP) is 3.70. The quantitative estimate of drug-likeness (QED) is 0.500. The number of halogens is 1. The minimum atomic E-state index is -0.681. The van der Waals surface area contributed by atoms with E-state index in [9.17, 15) is 9.59 Å². The van der Waals surface area contributed by atoms with Gasteiger partial charge in [-0.15, -0.1) is 0 Å². The van der Waals surface area contributed by atoms with Gasteiger partial charge in [-0.05, 0) is 56.2 Å². The number of hydrogen-bond acceptors (Lipinski definition) is 3. The number of nitrogens with zero attached hydrogens (tertiary/aromatic N) is 2. The van der Waals surface area contributed by atoms with Crippen LogP contribution in [0.15, 0.2) is 60.7 Å². The third-order valence-corrected chi connectivity index (χ3v) is 5.21. The smallest absolute Gasteiger partial charge is 0.251 e. The third-order valence-electron chi connectivity index (χ3n) is 4.96. The Kier molecular flexibility index (Phi) is 7.84. The van der Waals surface area contributed by atoms with Gasteiger partial charge in [0.05, 0.1) is 5.69 Å². The zero-order chi connectivity index (χ0) is 22.2. The number of amides is 2. The number of carbonyl (C=O) groups is 2. The summed E-state index contributed by atoms with van der Waals surface area (Å²) in [5.41, 5.74) is 3.51. The first kappa shape index (κ1) is 22.6. The molecule has 0 fully saturated rings. The van der Waals surface area contributed by atoms with E-state index in [1.807, 2.05) is 54.9 Å². The van der Waals surface area contributed by atoms with Crippen LogP contribution in [-0.2, 0) is 17.8 Å². The van der Waals surface area contributed by atoms with Crippen LogP contribution in [0.25, 0.3) is 0 Å². The van der Waals surface area contributed by atoms with Gasteiger partial charge in [-0.25, -0.2) is 0 Å². The molecule has 0 saturated carbocycles. The van der Waals surface area contributed by atoms with Gasteiger partial charge in [0.25, 0.3) is 5.91 Å². The highest BCUT2D eigenvalue weighted by atomic mass is 35.5. The van der Waals surface area contributed by atoms with E-state index in [1.165, 1.54) is 0 Å². The normalized spacial score (nSPS) is 11.7. The third kappa shape index (κ3) is 6.69. The van der Waals surface area contributed by atoms with Gasteiger partial charge in [0, 0.05) is 35.8 Å². The molecule has 0 saturated heterocycles. The molecule has 162 valence electrons. The van der Waals surface area contributed by atoms with E-state index >= 15 is 0 Å². The maximum absolute atomic E-state index is 12.9. The molecule has 0 aliphatic rings. The van der Waals surface area contributed by atoms with E-state index in [-0.39, 0.29) is 11.8 Å². The van der Waals surface area contributed by atoms with Gasteiger partial charge < -0.3 is 10.6 Å². The van der Waals surface area contributed by atoms with Crippen molar-refractivity contribution in [1.82, 2.24) is 20.4 Å². The SMILES string of the molecule is Cc1cc(C)n(CCCNC(=O)C(Cc2ccccc2)NC(=O)c2ccc(Cl)cc2)n1. The highest BCUT2D eigenvalue weighted by molar-refractivity contribution is 6.30. The van der Waals surface area contributed by atoms with E-state index in [0.717, 1.165) is 29.9 Å². The summed E-state index contributed by atoms with van der Waals surface area (Å²) in [7, 11) is 0. The Morgan fingerprint density at radius 3 is 2.42 bits per heavy atom. The van der Waals surface area contributed by atoms with Gasteiger partial charge >= 0.3 is 0 Å². The molecule has 1 atom stereocenters. The molecule has 2 amide bonds. The van der Waals surface area contributed by atoms with Crippen LogP contribution in [-0.4, -0.2) is 34.2 Å². The molecule has 3 aromatic rings. The van der Waals surface area contributed by atoms with Crippen LogP contribution in [0.5, 0.6) is 0 Å². The zero-order valence-corrected chi connectivity index (χ0v) is 18.5. The van der Waals surface area contributed by atoms with Crippen LogP contribution in [0.2, 0.25) is 5.02 Å². The van der Waals surface area contributed by atoms with Crippen LogP contribution in [0, 0.1) is 13.8 Å². The van der Waals surface area contributed by atoms with Crippen molar-refractivity contribution in [3.8, 4) is 0 Å². The minimum absolute atomic E-state index is 0.209. The van der Waals surface area contributed by atoms with Crippen LogP contribution in [0.1, 0.15) is 33.7 Å². The maximum Gasteiger partial charge on any atom is 0.251 e. The molecule has 1 unspecified atom stereocenters. The van der Waals surface area contributed by atoms with Crippen molar-refractivity contribution in [3.05, 3.63) is 88.2 Å². The summed E-state index contributed by atoms with van der Waals surface area (Å²) >= 11 is 5.90. The Balaban J connectivity index is 1.60. The monoisotopic (exact) mass is 438 g/mol. The molecule has 2 aromatic carbocycles. The van der Waals surface area contributed by atoms with Crippen molar-refractivity contribution in [1.29, 1.82) is 0 Å². The number of carbonyl (C=O) groups excluding carboxylic acids is 2. The Hall–Kier alpha value is -3.12. The molecule has 3 rings (SSSR count). The van der Waals surface area contributed by atoms with Crippen LogP contribution < -0.4 is 10.6 Å². The highest BCUT2D eigenvalue weighted by Crippen LogP contribution is 2.11. The number of aromatic nitrogens is 2. The average molecular weight is 439 g/mol. The molecule has 7 heteroatoms. The minimum Gasteiger partial charge on any atom is -0.354 e. The predicted molar refractivity (Wildman–Crippen MR) is 122 cm³/mol. The van der Waals surface area contributed by atoms with E-state index in [1.54, 1.807) is 24.3 Å². The number of benzene rings is 2. The van der Waals surface area contributed by atoms with Crippen molar-refractivity contribution < 1.29 is 9.59 Å². The maximum atomic E-state index is 12.9. The van der Waals surface area contributed by atoms with Crippen molar-refractivity contribution >= 4 is 23.4 Å². The lowest BCUT2D eigenvalue weighted by atomic mass is 10.0. The standard InChI is InChI=1S/C24H27ClN4O2/c1-17-15-18(2)29(28-17)14-6-13-26-24(31)22(16-19-7-4-3-5-8-19)27-23(30)20-9-11-21(25)12-10-20/h3-5,7-12,15,22H,6,13-14,16H2,1-2H3,(H,26,31)(H,27,30). The first-order valence-corrected chi connectivity index (χ1v) is 10.7. The largest absolute Gasteiger partial charge is 0.354 e. The fourth-order valence-electron chi connectivity index (χ4n) is 3.37. The molecule has 0 spiro atoms. The second kappa shape index (κ2) is 10.8. The molecule has 0 bridgehead atoms. The van der Waals surface area contributed by atoms with E-state index in [2.05, 4.69) is 15.7 Å². The molecule has 0 aliphatic heterocycles. The number of aryl methyl sites for hydroxylation is 3. The van der Waals surface area contributed by atoms with Crippen LogP contribution >= 0.6 is 11.6 Å². The first-order chi connectivity index (χ1) is 14.9. The summed E-state index contributed by atoms with van der Waals surface area (Å²) in [5, 5.41) is 10.8. The number of rotatable bonds is 9. The zero-order valence-electron chi connectivity index (χ0n) is 17.8. The fraction of sp³-hybridized carbons (Fsp3) is 0.292. The van der Waals surface area contributed by atoms with Crippen molar-refractivity contribution in [3.63, 3.8) is 0 Å². The van der Waals surface area contributed by atoms with Gasteiger partial charge in [0.15, 0.2) is 0 Å². The summed E-state index contributed by atoms with van der Waals surface area (Å²) in [6, 6.07) is 17.6. The molecule has 1 heterocycles. The van der Waals surface area contributed by atoms with E-state index in [4.69, 9.17) is 11.6 Å². The Morgan fingerprint density at radius 1 is 1.06 bits per heavy atom. The first-order valence-electron chi connectivity index (χ1n) is 10.3. The average Bonchev–Trinajstić information content (AvgIpc) is 3.08. The lowest BCUT2D eigenvalue weighted by Gasteiger charge is -2.19. The molecule has 31 heavy (non-hydrogen) atoms. The van der Waals surface area contributed by atoms with Crippen molar-refractivity contribution in [2.24, 2.45) is 0 Å². The summed E-state index contributed by atoms with van der Waals surface area (Å²) in [5.74, 6) is -0.519. The summed E-state index contributed by atoms with van der Waals surface area (Å²) in [6.45, 7) is 5.20. The molecule has 0 radical (unpaired) electrons.